The number of nitrogens with one attached hydrogen (secondary N) is 3. The lowest BCUT2D eigenvalue weighted by Crippen LogP contribution is -2.70. The highest BCUT2D eigenvalue weighted by atomic mass is 16.5. The molecular weight excluding hydrogens is 482 g/mol. The zero-order valence-corrected chi connectivity index (χ0v) is 21.4. The third-order valence-corrected chi connectivity index (χ3v) is 7.27. The van der Waals surface area contributed by atoms with Crippen LogP contribution >= 0.6 is 0 Å². The van der Waals surface area contributed by atoms with Gasteiger partial charge in [-0.15, -0.1) is 0 Å². The summed E-state index contributed by atoms with van der Waals surface area (Å²) >= 11 is 0. The lowest BCUT2D eigenvalue weighted by Gasteiger charge is -2.66. The van der Waals surface area contributed by atoms with E-state index in [4.69, 9.17) is 19.5 Å². The van der Waals surface area contributed by atoms with E-state index in [0.717, 1.165) is 41.6 Å². The van der Waals surface area contributed by atoms with Crippen LogP contribution in [0.2, 0.25) is 0 Å². The van der Waals surface area contributed by atoms with Crippen molar-refractivity contribution in [1.82, 2.24) is 25.1 Å². The molecule has 3 heterocycles. The average Bonchev–Trinajstić information content (AvgIpc) is 3.39. The Morgan fingerprint density at radius 2 is 1.82 bits per heavy atom. The summed E-state index contributed by atoms with van der Waals surface area (Å²) in [5.74, 6) is 2.47. The number of allylic oxidation sites excluding steroid dienone is 1. The van der Waals surface area contributed by atoms with Crippen LogP contribution in [0.5, 0.6) is 11.6 Å². The molecule has 3 aliphatic carbocycles. The number of imidazole rings is 1. The molecule has 38 heavy (non-hydrogen) atoms. The largest absolute Gasteiger partial charge is 0.436 e. The highest BCUT2D eigenvalue weighted by Gasteiger charge is 2.69. The van der Waals surface area contributed by atoms with Crippen LogP contribution in [0.25, 0.3) is 17.2 Å². The van der Waals surface area contributed by atoms with E-state index in [9.17, 15) is 5.26 Å². The second kappa shape index (κ2) is 8.32. The third kappa shape index (κ3) is 3.80. The monoisotopic (exact) mass is 507 g/mol. The normalized spacial score (nSPS) is 21.4. The average molecular weight is 508 g/mol. The number of nitrogens with zero attached hydrogens (tertiary/aromatic N) is 6. The van der Waals surface area contributed by atoms with E-state index < -0.39 is 0 Å². The number of aryl methyl sites for hydroxylation is 4. The van der Waals surface area contributed by atoms with E-state index in [2.05, 4.69) is 36.8 Å². The molecule has 3 aromatic heterocycles. The number of aromatic nitrogens is 5. The molecule has 3 fully saturated rings. The summed E-state index contributed by atoms with van der Waals surface area (Å²) < 4.78 is 11.7. The molecule has 0 unspecified atom stereocenters. The number of hydrogen-bond acceptors (Lipinski definition) is 10. The second-order valence-corrected chi connectivity index (χ2v) is 10.3. The summed E-state index contributed by atoms with van der Waals surface area (Å²) in [6.07, 6.45) is 5.55. The van der Waals surface area contributed by atoms with Crippen molar-refractivity contribution in [3.05, 3.63) is 46.4 Å². The van der Waals surface area contributed by atoms with Crippen molar-refractivity contribution in [2.75, 3.05) is 10.6 Å². The van der Waals surface area contributed by atoms with Gasteiger partial charge < -0.3 is 24.9 Å². The van der Waals surface area contributed by atoms with Gasteiger partial charge in [0.2, 0.25) is 11.9 Å². The minimum Gasteiger partial charge on any atom is -0.436 e. The van der Waals surface area contributed by atoms with Crippen LogP contribution in [0.15, 0.2) is 22.7 Å². The fourth-order valence-corrected chi connectivity index (χ4v) is 5.59. The number of rotatable bonds is 7. The Hall–Kier alpha value is -4.90. The molecule has 11 heteroatoms. The molecule has 3 aliphatic rings. The smallest absolute Gasteiger partial charge is 0.250 e. The Morgan fingerprint density at radius 3 is 2.45 bits per heavy atom. The van der Waals surface area contributed by atoms with Crippen LogP contribution in [0.3, 0.4) is 0 Å². The van der Waals surface area contributed by atoms with Gasteiger partial charge in [0.1, 0.15) is 17.1 Å². The number of hydrogen-bond donors (Lipinski definition) is 3. The van der Waals surface area contributed by atoms with Crippen molar-refractivity contribution in [3.8, 4) is 23.8 Å². The Kier molecular flexibility index (Phi) is 5.14. The van der Waals surface area contributed by atoms with Gasteiger partial charge in [-0.3, -0.25) is 0 Å². The van der Waals surface area contributed by atoms with Gasteiger partial charge in [0.05, 0.1) is 17.6 Å². The molecule has 0 aliphatic heterocycles. The van der Waals surface area contributed by atoms with Crippen LogP contribution in [-0.4, -0.2) is 30.6 Å². The Bertz CT molecular complexity index is 1650. The van der Waals surface area contributed by atoms with Gasteiger partial charge >= 0.3 is 0 Å². The maximum absolute atomic E-state index is 9.40. The Labute approximate surface area is 218 Å². The lowest BCUT2D eigenvalue weighted by molar-refractivity contribution is -0.0665. The summed E-state index contributed by atoms with van der Waals surface area (Å²) in [6, 6.07) is 8.35. The first-order valence-corrected chi connectivity index (χ1v) is 12.2. The number of ether oxygens (including phenoxy) is 1. The van der Waals surface area contributed by atoms with E-state index in [-0.39, 0.29) is 11.0 Å². The SMILES string of the molecule is Cc1cc(/C=C/C#N)cc(C)c1Oc1nc(NC23CC(C#N)(C2)C3)nc2nc(Nc3c(C)noc3C)[nH]c12. The van der Waals surface area contributed by atoms with Crippen molar-refractivity contribution in [2.24, 2.45) is 5.41 Å². The first-order chi connectivity index (χ1) is 18.2. The third-order valence-electron chi connectivity index (χ3n) is 7.27. The van der Waals surface area contributed by atoms with Crippen molar-refractivity contribution in [2.45, 2.75) is 52.5 Å². The van der Waals surface area contributed by atoms with Crippen molar-refractivity contribution in [1.29, 1.82) is 10.5 Å². The minimum absolute atomic E-state index is 0.157. The molecule has 4 aromatic rings. The maximum atomic E-state index is 9.40. The molecule has 2 bridgehead atoms. The fourth-order valence-electron chi connectivity index (χ4n) is 5.59. The van der Waals surface area contributed by atoms with Gasteiger partial charge in [0, 0.05) is 11.6 Å². The molecule has 0 saturated heterocycles. The van der Waals surface area contributed by atoms with Gasteiger partial charge in [0.15, 0.2) is 16.9 Å². The van der Waals surface area contributed by atoms with Crippen LogP contribution < -0.4 is 15.4 Å². The van der Waals surface area contributed by atoms with Gasteiger partial charge in [-0.2, -0.15) is 25.5 Å². The summed E-state index contributed by atoms with van der Waals surface area (Å²) in [7, 11) is 0. The van der Waals surface area contributed by atoms with Crippen LogP contribution in [-0.2, 0) is 0 Å². The van der Waals surface area contributed by atoms with Gasteiger partial charge in [-0.25, -0.2) is 0 Å². The van der Waals surface area contributed by atoms with Gasteiger partial charge in [0.25, 0.3) is 5.88 Å². The number of H-pyrrole nitrogens is 1. The minimum atomic E-state index is -0.204. The molecule has 0 spiro atoms. The van der Waals surface area contributed by atoms with Gasteiger partial charge in [-0.05, 0) is 81.9 Å². The van der Waals surface area contributed by atoms with Crippen LogP contribution in [0.4, 0.5) is 17.6 Å². The number of nitriles is 2. The summed E-state index contributed by atoms with van der Waals surface area (Å²) in [5.41, 5.74) is 4.73. The van der Waals surface area contributed by atoms with Crippen molar-refractivity contribution < 1.29 is 9.26 Å². The zero-order valence-electron chi connectivity index (χ0n) is 21.4. The predicted molar refractivity (Wildman–Crippen MR) is 140 cm³/mol. The standard InChI is InChI=1S/C27H25N9O2/c1-14-8-18(6-5-7-28)9-15(2)21(14)37-23-20-22(32-24(31-20)30-19-16(3)36-38-17(19)4)33-25(34-23)35-27-10-26(11-27,12-27)13-29/h5-6,8-9H,10-12H2,1-4H3,(H3,30,31,32,33,34,35)/b6-5+. The number of benzene rings is 1. The molecule has 3 N–H and O–H groups in total. The quantitative estimate of drug-likeness (QED) is 0.272. The van der Waals surface area contributed by atoms with E-state index in [0.29, 0.717) is 46.1 Å². The summed E-state index contributed by atoms with van der Waals surface area (Å²) in [5, 5.41) is 28.9. The van der Waals surface area contributed by atoms with Crippen molar-refractivity contribution >= 4 is 34.8 Å². The van der Waals surface area contributed by atoms with Gasteiger partial charge in [-0.1, -0.05) is 5.16 Å². The molecule has 7 rings (SSSR count). The van der Waals surface area contributed by atoms with E-state index in [1.165, 1.54) is 6.08 Å². The second-order valence-electron chi connectivity index (χ2n) is 10.3. The molecule has 3 saturated carbocycles. The summed E-state index contributed by atoms with van der Waals surface area (Å²) in [6.45, 7) is 7.56. The lowest BCUT2D eigenvalue weighted by atomic mass is 9.40. The molecular formula is C27H25N9O2. The molecule has 1 aromatic carbocycles. The molecule has 0 amide bonds. The fraction of sp³-hybridized carbons (Fsp3) is 0.333. The van der Waals surface area contributed by atoms with E-state index in [1.54, 1.807) is 6.08 Å². The number of aromatic amines is 1. The topological polar surface area (TPSA) is 161 Å². The Morgan fingerprint density at radius 1 is 1.08 bits per heavy atom. The Balaban J connectivity index is 1.38. The molecule has 11 nitrogen and oxygen atoms in total. The summed E-state index contributed by atoms with van der Waals surface area (Å²) in [4.78, 5) is 17.3. The highest BCUT2D eigenvalue weighted by molar-refractivity contribution is 5.81. The first-order valence-electron chi connectivity index (χ1n) is 12.2. The van der Waals surface area contributed by atoms with Crippen molar-refractivity contribution in [3.63, 3.8) is 0 Å². The zero-order chi connectivity index (χ0) is 26.7. The maximum Gasteiger partial charge on any atom is 0.250 e. The first kappa shape index (κ1) is 23.5. The van der Waals surface area contributed by atoms with Crippen LogP contribution in [0.1, 0.15) is 47.4 Å². The molecule has 0 atom stereocenters. The van der Waals surface area contributed by atoms with Crippen LogP contribution in [0, 0.1) is 55.8 Å². The number of anilines is 3. The predicted octanol–water partition coefficient (Wildman–Crippen LogP) is 5.51. The molecule has 0 radical (unpaired) electrons. The highest BCUT2D eigenvalue weighted by Crippen LogP contribution is 2.67. The number of fused-ring (bicyclic) bond motifs is 1. The molecule has 190 valence electrons. The van der Waals surface area contributed by atoms with E-state index in [1.807, 2.05) is 45.9 Å². The van der Waals surface area contributed by atoms with E-state index >= 15 is 0 Å².